The predicted octanol–water partition coefficient (Wildman–Crippen LogP) is 14.9. The van der Waals surface area contributed by atoms with Crippen molar-refractivity contribution in [1.82, 2.24) is 19.5 Å². The Labute approximate surface area is 369 Å². The van der Waals surface area contributed by atoms with E-state index in [2.05, 4.69) is 24.3 Å². The van der Waals surface area contributed by atoms with Gasteiger partial charge >= 0.3 is 0 Å². The quantitative estimate of drug-likeness (QED) is 0.161. The average molecular weight is 801 g/mol. The number of nitrogens with zero attached hydrogens (tertiary/aromatic N) is 4. The van der Waals surface area contributed by atoms with Gasteiger partial charge in [-0.15, -0.1) is 0 Å². The van der Waals surface area contributed by atoms with Gasteiger partial charge in [0.05, 0.1) is 27.7 Å². The third-order valence-corrected chi connectivity index (χ3v) is 11.3. The van der Waals surface area contributed by atoms with Crippen LogP contribution in [0, 0.1) is 0 Å². The summed E-state index contributed by atoms with van der Waals surface area (Å²) in [6, 6.07) is 51.3. The second-order valence-corrected chi connectivity index (χ2v) is 15.0. The number of benzene rings is 9. The zero-order chi connectivity index (χ0) is 47.9. The number of rotatable bonds is 7. The molecule has 0 bridgehead atoms. The van der Waals surface area contributed by atoms with E-state index in [9.17, 15) is 5.48 Å². The molecule has 0 amide bonds. The molecule has 5 nitrogen and oxygen atoms in total. The van der Waals surface area contributed by atoms with Gasteiger partial charge in [0.2, 0.25) is 0 Å². The Bertz CT molecular complexity index is 4030. The summed E-state index contributed by atoms with van der Waals surface area (Å²) in [6.07, 6.45) is 0. The molecule has 0 saturated carbocycles. The maximum Gasteiger partial charge on any atom is 0.166 e. The third kappa shape index (κ3) is 6.06. The van der Waals surface area contributed by atoms with Crippen LogP contribution >= 0.6 is 0 Å². The Morgan fingerprint density at radius 3 is 1.65 bits per heavy atom. The third-order valence-electron chi connectivity index (χ3n) is 11.3. The monoisotopic (exact) mass is 800 g/mol. The van der Waals surface area contributed by atoms with Crippen LogP contribution in [0.25, 0.3) is 117 Å². The summed E-state index contributed by atoms with van der Waals surface area (Å²) in [5.41, 5.74) is 9.01. The van der Waals surface area contributed by atoms with Gasteiger partial charge in [-0.25, -0.2) is 15.0 Å². The van der Waals surface area contributed by atoms with E-state index in [1.54, 1.807) is 0 Å². The van der Waals surface area contributed by atoms with Crippen LogP contribution in [-0.4, -0.2) is 19.5 Å². The van der Waals surface area contributed by atoms with Gasteiger partial charge in [0, 0.05) is 38.2 Å². The Balaban J connectivity index is 1.18. The first-order valence-corrected chi connectivity index (χ1v) is 20.2. The zero-order valence-corrected chi connectivity index (χ0v) is 32.9. The van der Waals surface area contributed by atoms with E-state index in [4.69, 9.17) is 24.9 Å². The number of aromatic nitrogens is 4. The topological polar surface area (TPSA) is 56.7 Å². The van der Waals surface area contributed by atoms with Crippen molar-refractivity contribution in [1.29, 1.82) is 0 Å². The van der Waals surface area contributed by atoms with Crippen molar-refractivity contribution in [2.75, 3.05) is 0 Å². The summed E-state index contributed by atoms with van der Waals surface area (Å²) < 4.78 is 80.5. The number of para-hydroxylation sites is 2. The summed E-state index contributed by atoms with van der Waals surface area (Å²) in [5, 5.41) is 1.75. The minimum absolute atomic E-state index is 0.0247. The molecule has 9 aromatic carbocycles. The molecule has 0 saturated heterocycles. The summed E-state index contributed by atoms with van der Waals surface area (Å²) in [5.74, 6) is 0.962. The lowest BCUT2D eigenvalue weighted by molar-refractivity contribution is 0.669. The van der Waals surface area contributed by atoms with E-state index in [-0.39, 0.29) is 27.6 Å². The maximum absolute atomic E-state index is 9.43. The molecule has 0 aliphatic carbocycles. The van der Waals surface area contributed by atoms with Crippen LogP contribution in [0.2, 0.25) is 0 Å². The maximum atomic E-state index is 9.43. The average Bonchev–Trinajstić information content (AvgIpc) is 3.98. The van der Waals surface area contributed by atoms with Crippen LogP contribution < -0.4 is 0 Å². The number of hydrogen-bond acceptors (Lipinski definition) is 4. The van der Waals surface area contributed by atoms with Crippen LogP contribution in [0.4, 0.5) is 0 Å². The van der Waals surface area contributed by atoms with Crippen LogP contribution in [-0.2, 0) is 0 Å². The Hall–Kier alpha value is -8.41. The predicted molar refractivity (Wildman–Crippen MR) is 254 cm³/mol. The molecule has 0 aliphatic rings. The van der Waals surface area contributed by atoms with Crippen LogP contribution in [0.5, 0.6) is 0 Å². The van der Waals surface area contributed by atoms with Crippen molar-refractivity contribution >= 4 is 43.7 Å². The van der Waals surface area contributed by atoms with Crippen LogP contribution in [0.1, 0.15) is 11.0 Å². The Morgan fingerprint density at radius 2 is 0.919 bits per heavy atom. The minimum Gasteiger partial charge on any atom is -0.456 e. The highest BCUT2D eigenvalue weighted by molar-refractivity contribution is 6.13. The second kappa shape index (κ2) is 14.7. The van der Waals surface area contributed by atoms with Crippen molar-refractivity contribution in [3.05, 3.63) is 218 Å². The molecule has 0 aliphatic heterocycles. The van der Waals surface area contributed by atoms with E-state index in [1.807, 2.05) is 146 Å². The highest BCUT2D eigenvalue weighted by atomic mass is 16.3. The van der Waals surface area contributed by atoms with Crippen LogP contribution in [0.15, 0.2) is 223 Å². The van der Waals surface area contributed by atoms with Gasteiger partial charge in [0.1, 0.15) is 11.2 Å². The van der Waals surface area contributed by atoms with Crippen molar-refractivity contribution < 1.29 is 15.4 Å². The van der Waals surface area contributed by atoms with Gasteiger partial charge in [0.25, 0.3) is 0 Å². The van der Waals surface area contributed by atoms with Crippen LogP contribution in [0.3, 0.4) is 0 Å². The van der Waals surface area contributed by atoms with E-state index in [0.717, 1.165) is 55.3 Å². The molecule has 0 unspecified atom stereocenters. The lowest BCUT2D eigenvalue weighted by Gasteiger charge is -2.16. The highest BCUT2D eigenvalue weighted by Crippen LogP contribution is 2.41. The SMILES string of the molecule is [2H]c1c([2H])c([2H])c2c(c1[2H])c1c([2H])c([2H])c([2H])c([2H])c1n2-c1cc(-c2ccc3oc4cccc(-c5ccccc5)c4c3c2)ccc1-c1nc(-c2ccccc2)nc(-c2cccc(-c3ccccc3)c2)n1. The first-order valence-electron chi connectivity index (χ1n) is 24.2. The summed E-state index contributed by atoms with van der Waals surface area (Å²) in [6.45, 7) is 0. The normalized spacial score (nSPS) is 13.4. The van der Waals surface area contributed by atoms with Gasteiger partial charge in [-0.2, -0.15) is 0 Å². The number of fused-ring (bicyclic) bond motifs is 6. The Morgan fingerprint density at radius 1 is 0.371 bits per heavy atom. The fraction of sp³-hybridized carbons (Fsp3) is 0. The Kier molecular flexibility index (Phi) is 6.67. The molecule has 0 spiro atoms. The summed E-state index contributed by atoms with van der Waals surface area (Å²) >= 11 is 0. The second-order valence-electron chi connectivity index (χ2n) is 15.0. The summed E-state index contributed by atoms with van der Waals surface area (Å²) in [7, 11) is 0. The number of furan rings is 1. The fourth-order valence-electron chi connectivity index (χ4n) is 8.42. The van der Waals surface area contributed by atoms with E-state index in [0.29, 0.717) is 34.0 Å². The van der Waals surface area contributed by atoms with Gasteiger partial charge in [-0.3, -0.25) is 0 Å². The molecule has 3 aromatic heterocycles. The molecule has 0 N–H and O–H groups in total. The fourth-order valence-corrected chi connectivity index (χ4v) is 8.42. The van der Waals surface area contributed by atoms with Crippen molar-refractivity contribution in [2.45, 2.75) is 0 Å². The molecule has 0 atom stereocenters. The molecule has 12 aromatic rings. The molecule has 0 fully saturated rings. The largest absolute Gasteiger partial charge is 0.456 e. The molecular formula is C57H36N4O. The molecular weight excluding hydrogens is 757 g/mol. The molecule has 5 heteroatoms. The van der Waals surface area contributed by atoms with Gasteiger partial charge < -0.3 is 8.98 Å². The lowest BCUT2D eigenvalue weighted by Crippen LogP contribution is -2.04. The van der Waals surface area contributed by atoms with Gasteiger partial charge in [-0.1, -0.05) is 170 Å². The van der Waals surface area contributed by atoms with Gasteiger partial charge in [0.15, 0.2) is 17.5 Å². The zero-order valence-electron chi connectivity index (χ0n) is 40.9. The lowest BCUT2D eigenvalue weighted by atomic mass is 9.96. The molecule has 0 radical (unpaired) electrons. The molecule has 290 valence electrons. The smallest absolute Gasteiger partial charge is 0.166 e. The van der Waals surface area contributed by atoms with E-state index < -0.39 is 48.3 Å². The standard InChI is InChI=1S/C57H36N4O/c1-4-16-37(17-5-1)40-22-14-23-43(34-40)56-58-55(39-20-8-3-9-21-39)59-57(60-56)47-32-30-42(36-51(47)61-49-27-12-10-24-45(49)46-25-11-13-28-50(46)61)41-31-33-52-48(35-41)54-44(26-15-29-53(54)62-52)38-18-6-2-7-19-38/h1-36H/i10D,11D,12D,13D,24D,25D,27D,28D. The number of hydrogen-bond donors (Lipinski definition) is 0. The molecule has 62 heavy (non-hydrogen) atoms. The first kappa shape index (κ1) is 28.1. The van der Waals surface area contributed by atoms with Crippen molar-refractivity contribution in [3.63, 3.8) is 0 Å². The van der Waals surface area contributed by atoms with E-state index in [1.165, 1.54) is 4.57 Å². The van der Waals surface area contributed by atoms with Gasteiger partial charge in [-0.05, 0) is 81.9 Å². The summed E-state index contributed by atoms with van der Waals surface area (Å²) in [4.78, 5) is 15.3. The highest BCUT2D eigenvalue weighted by Gasteiger charge is 2.21. The van der Waals surface area contributed by atoms with Crippen molar-refractivity contribution in [3.8, 4) is 73.2 Å². The molecule has 3 heterocycles. The van der Waals surface area contributed by atoms with E-state index >= 15 is 0 Å². The minimum atomic E-state index is -0.527. The first-order chi connectivity index (χ1) is 34.0. The van der Waals surface area contributed by atoms with Crippen molar-refractivity contribution in [2.24, 2.45) is 0 Å². The molecule has 12 rings (SSSR count).